The van der Waals surface area contributed by atoms with Crippen LogP contribution in [0.3, 0.4) is 0 Å². The van der Waals surface area contributed by atoms with E-state index in [2.05, 4.69) is 28.2 Å². The molecule has 3 rings (SSSR count). The lowest BCUT2D eigenvalue weighted by atomic mass is 10.0. The Balaban J connectivity index is 1.61. The number of aryl methyl sites for hydroxylation is 1. The normalized spacial score (nSPS) is 23.8. The Morgan fingerprint density at radius 1 is 1.36 bits per heavy atom. The van der Waals surface area contributed by atoms with Crippen LogP contribution in [-0.4, -0.2) is 54.1 Å². The zero-order chi connectivity index (χ0) is 15.5. The first-order valence-electron chi connectivity index (χ1n) is 8.27. The fourth-order valence-electron chi connectivity index (χ4n) is 3.73. The summed E-state index contributed by atoms with van der Waals surface area (Å²) < 4.78 is 5.45. The second kappa shape index (κ2) is 7.11. The highest BCUT2D eigenvalue weighted by atomic mass is 32.1. The first kappa shape index (κ1) is 16.0. The van der Waals surface area contributed by atoms with Crippen LogP contribution >= 0.6 is 11.3 Å². The van der Waals surface area contributed by atoms with E-state index in [1.165, 1.54) is 10.4 Å². The molecular formula is C17H26N2O2S. The standard InChI is InChI=1S/C17H26N2O2S/c1-13-6-10-22-17(13)12-18-7-3-16(11-18)19(14(2)20)15-4-8-21-9-5-15/h6,10,15-16H,3-5,7-9,11-12H2,1-2H3. The van der Waals surface area contributed by atoms with Gasteiger partial charge in [0.05, 0.1) is 0 Å². The third-order valence-corrected chi connectivity index (χ3v) is 5.93. The second-order valence-electron chi connectivity index (χ2n) is 6.47. The van der Waals surface area contributed by atoms with Crippen LogP contribution in [-0.2, 0) is 16.1 Å². The smallest absolute Gasteiger partial charge is 0.219 e. The van der Waals surface area contributed by atoms with Gasteiger partial charge in [0.2, 0.25) is 5.91 Å². The maximum atomic E-state index is 12.2. The van der Waals surface area contributed by atoms with Gasteiger partial charge in [-0.05, 0) is 43.2 Å². The van der Waals surface area contributed by atoms with Crippen LogP contribution in [0.5, 0.6) is 0 Å². The van der Waals surface area contributed by atoms with Gasteiger partial charge in [-0.25, -0.2) is 0 Å². The second-order valence-corrected chi connectivity index (χ2v) is 7.47. The highest BCUT2D eigenvalue weighted by molar-refractivity contribution is 7.10. The van der Waals surface area contributed by atoms with Gasteiger partial charge in [0.15, 0.2) is 0 Å². The Bertz CT molecular complexity index is 511. The lowest BCUT2D eigenvalue weighted by molar-refractivity contribution is -0.135. The summed E-state index contributed by atoms with van der Waals surface area (Å²) in [6.07, 6.45) is 3.07. The molecule has 22 heavy (non-hydrogen) atoms. The summed E-state index contributed by atoms with van der Waals surface area (Å²) in [6, 6.07) is 2.94. The molecule has 5 heteroatoms. The molecule has 1 atom stereocenters. The van der Waals surface area contributed by atoms with Crippen molar-refractivity contribution in [2.45, 2.75) is 51.7 Å². The summed E-state index contributed by atoms with van der Waals surface area (Å²) in [4.78, 5) is 18.3. The van der Waals surface area contributed by atoms with E-state index in [4.69, 9.17) is 4.74 Å². The van der Waals surface area contributed by atoms with Gasteiger partial charge in [-0.1, -0.05) is 0 Å². The van der Waals surface area contributed by atoms with E-state index in [0.717, 1.165) is 52.1 Å². The number of likely N-dealkylation sites (tertiary alicyclic amines) is 1. The van der Waals surface area contributed by atoms with Crippen molar-refractivity contribution < 1.29 is 9.53 Å². The predicted molar refractivity (Wildman–Crippen MR) is 89.1 cm³/mol. The van der Waals surface area contributed by atoms with Crippen molar-refractivity contribution in [3.8, 4) is 0 Å². The van der Waals surface area contributed by atoms with Crippen molar-refractivity contribution in [2.75, 3.05) is 26.3 Å². The molecule has 1 amide bonds. The Morgan fingerprint density at radius 2 is 2.14 bits per heavy atom. The zero-order valence-electron chi connectivity index (χ0n) is 13.6. The molecule has 2 aliphatic heterocycles. The predicted octanol–water partition coefficient (Wildman–Crippen LogP) is 2.66. The fourth-order valence-corrected chi connectivity index (χ4v) is 4.68. The molecule has 2 aliphatic rings. The third kappa shape index (κ3) is 3.53. The van der Waals surface area contributed by atoms with Crippen molar-refractivity contribution in [1.29, 1.82) is 0 Å². The molecule has 3 heterocycles. The molecule has 0 N–H and O–H groups in total. The molecule has 0 bridgehead atoms. The molecular weight excluding hydrogens is 296 g/mol. The Labute approximate surface area is 137 Å². The van der Waals surface area contributed by atoms with Crippen molar-refractivity contribution in [1.82, 2.24) is 9.80 Å². The lowest BCUT2D eigenvalue weighted by Gasteiger charge is -2.38. The quantitative estimate of drug-likeness (QED) is 0.854. The molecule has 0 spiro atoms. The monoisotopic (exact) mass is 322 g/mol. The minimum Gasteiger partial charge on any atom is -0.381 e. The fraction of sp³-hybridized carbons (Fsp3) is 0.706. The molecule has 1 aromatic heterocycles. The zero-order valence-corrected chi connectivity index (χ0v) is 14.4. The van der Waals surface area contributed by atoms with Gasteiger partial charge in [-0.15, -0.1) is 11.3 Å². The van der Waals surface area contributed by atoms with E-state index < -0.39 is 0 Å². The number of hydrogen-bond donors (Lipinski definition) is 0. The van der Waals surface area contributed by atoms with E-state index in [1.807, 2.05) is 11.3 Å². The number of carbonyl (C=O) groups excluding carboxylic acids is 1. The van der Waals surface area contributed by atoms with Gasteiger partial charge in [0.25, 0.3) is 0 Å². The van der Waals surface area contributed by atoms with Gasteiger partial charge in [-0.3, -0.25) is 9.69 Å². The number of amides is 1. The first-order chi connectivity index (χ1) is 10.6. The van der Waals surface area contributed by atoms with Crippen LogP contribution in [0.25, 0.3) is 0 Å². The Hall–Kier alpha value is -0.910. The van der Waals surface area contributed by atoms with Crippen LogP contribution in [0.2, 0.25) is 0 Å². The van der Waals surface area contributed by atoms with Gasteiger partial charge < -0.3 is 9.64 Å². The van der Waals surface area contributed by atoms with E-state index in [-0.39, 0.29) is 5.91 Å². The Morgan fingerprint density at radius 3 is 2.77 bits per heavy atom. The van der Waals surface area contributed by atoms with E-state index >= 15 is 0 Å². The SMILES string of the molecule is CC(=O)N(C1CCOCC1)C1CCN(Cc2sccc2C)C1. The lowest BCUT2D eigenvalue weighted by Crippen LogP contribution is -2.49. The number of thiophene rings is 1. The minimum atomic E-state index is 0.228. The molecule has 0 saturated carbocycles. The van der Waals surface area contributed by atoms with Gasteiger partial charge in [0.1, 0.15) is 0 Å². The Kier molecular flexibility index (Phi) is 5.16. The van der Waals surface area contributed by atoms with Gasteiger partial charge >= 0.3 is 0 Å². The largest absolute Gasteiger partial charge is 0.381 e. The van der Waals surface area contributed by atoms with Crippen molar-refractivity contribution in [2.24, 2.45) is 0 Å². The summed E-state index contributed by atoms with van der Waals surface area (Å²) in [6.45, 7) is 8.62. The van der Waals surface area contributed by atoms with E-state index in [0.29, 0.717) is 12.1 Å². The summed E-state index contributed by atoms with van der Waals surface area (Å²) in [7, 11) is 0. The number of carbonyl (C=O) groups is 1. The molecule has 4 nitrogen and oxygen atoms in total. The first-order valence-corrected chi connectivity index (χ1v) is 9.15. The molecule has 0 aromatic carbocycles. The van der Waals surface area contributed by atoms with Crippen LogP contribution in [0.4, 0.5) is 0 Å². The van der Waals surface area contributed by atoms with Crippen LogP contribution < -0.4 is 0 Å². The number of rotatable bonds is 4. The molecule has 1 aromatic rings. The van der Waals surface area contributed by atoms with Crippen molar-refractivity contribution in [3.63, 3.8) is 0 Å². The maximum absolute atomic E-state index is 12.2. The summed E-state index contributed by atoms with van der Waals surface area (Å²) in [5.74, 6) is 0.228. The third-order valence-electron chi connectivity index (χ3n) is 4.92. The highest BCUT2D eigenvalue weighted by Crippen LogP contribution is 2.26. The average Bonchev–Trinajstić information content (AvgIpc) is 3.11. The average molecular weight is 322 g/mol. The van der Waals surface area contributed by atoms with Gasteiger partial charge in [-0.2, -0.15) is 0 Å². The summed E-state index contributed by atoms with van der Waals surface area (Å²) in [5.41, 5.74) is 1.39. The molecule has 0 radical (unpaired) electrons. The summed E-state index contributed by atoms with van der Waals surface area (Å²) in [5, 5.41) is 2.17. The minimum absolute atomic E-state index is 0.228. The number of hydrogen-bond acceptors (Lipinski definition) is 4. The van der Waals surface area contributed by atoms with Crippen LogP contribution in [0, 0.1) is 6.92 Å². The van der Waals surface area contributed by atoms with Crippen LogP contribution in [0.1, 0.15) is 36.6 Å². The summed E-state index contributed by atoms with van der Waals surface area (Å²) >= 11 is 1.84. The molecule has 0 aliphatic carbocycles. The molecule has 2 fully saturated rings. The molecule has 1 unspecified atom stereocenters. The molecule has 122 valence electrons. The highest BCUT2D eigenvalue weighted by Gasteiger charge is 2.34. The topological polar surface area (TPSA) is 32.8 Å². The van der Waals surface area contributed by atoms with Crippen LogP contribution in [0.15, 0.2) is 11.4 Å². The maximum Gasteiger partial charge on any atom is 0.219 e. The van der Waals surface area contributed by atoms with Crippen molar-refractivity contribution in [3.05, 3.63) is 21.9 Å². The van der Waals surface area contributed by atoms with Gasteiger partial charge in [0, 0.05) is 56.7 Å². The number of nitrogens with zero attached hydrogens (tertiary/aromatic N) is 2. The van der Waals surface area contributed by atoms with Crippen molar-refractivity contribution >= 4 is 17.2 Å². The molecule has 2 saturated heterocycles. The number of ether oxygens (including phenoxy) is 1. The van der Waals surface area contributed by atoms with E-state index in [1.54, 1.807) is 6.92 Å². The van der Waals surface area contributed by atoms with E-state index in [9.17, 15) is 4.79 Å².